The molecule has 0 fully saturated rings. The van der Waals surface area contributed by atoms with E-state index in [9.17, 15) is 22.8 Å². The summed E-state index contributed by atoms with van der Waals surface area (Å²) in [6, 6.07) is 2.90. The molecule has 0 aliphatic carbocycles. The quantitative estimate of drug-likeness (QED) is 0.677. The summed E-state index contributed by atoms with van der Waals surface area (Å²) in [6.45, 7) is 0. The third kappa shape index (κ3) is 3.95. The molecule has 0 aliphatic rings. The van der Waals surface area contributed by atoms with Crippen molar-refractivity contribution >= 4 is 33.5 Å². The zero-order chi connectivity index (χ0) is 14.6. The lowest BCUT2D eigenvalue weighted by molar-refractivity contribution is -0.137. The third-order valence-electron chi connectivity index (χ3n) is 2.18. The molecule has 0 aliphatic heterocycles. The predicted octanol–water partition coefficient (Wildman–Crippen LogP) is 3.46. The maximum atomic E-state index is 12.8. The number of carbonyl (C=O) groups is 2. The number of hydrogen-bond acceptors (Lipinski definition) is 3. The molecule has 104 valence electrons. The van der Waals surface area contributed by atoms with E-state index in [1.54, 1.807) is 0 Å². The number of Topliss-reactive ketones (excluding diaryl/α,β-unsaturated/α-hetero) is 1. The second kappa shape index (κ2) is 6.05. The molecule has 8 heteroatoms. The van der Waals surface area contributed by atoms with Crippen LogP contribution in [0, 0.1) is 0 Å². The Morgan fingerprint density at radius 3 is 2.47 bits per heavy atom. The van der Waals surface area contributed by atoms with Crippen LogP contribution < -0.4 is 5.32 Å². The predicted molar refractivity (Wildman–Crippen MR) is 65.6 cm³/mol. The number of benzene rings is 1. The smallest absolute Gasteiger partial charge is 0.417 e. The molecule has 1 rings (SSSR count). The molecule has 19 heavy (non-hydrogen) atoms. The van der Waals surface area contributed by atoms with E-state index in [4.69, 9.17) is 0 Å². The van der Waals surface area contributed by atoms with Gasteiger partial charge in [0, 0.05) is 11.3 Å². The molecule has 0 spiro atoms. The number of methoxy groups -OCH3 is 1. The Morgan fingerprint density at radius 2 is 2.00 bits per heavy atom. The third-order valence-corrected chi connectivity index (χ3v) is 2.69. The van der Waals surface area contributed by atoms with Crippen molar-refractivity contribution in [3.05, 3.63) is 29.3 Å². The van der Waals surface area contributed by atoms with Gasteiger partial charge in [0.25, 0.3) is 0 Å². The molecule has 0 heterocycles. The molecule has 1 amide bonds. The van der Waals surface area contributed by atoms with Crippen LogP contribution in [0.5, 0.6) is 0 Å². The van der Waals surface area contributed by atoms with Crippen molar-refractivity contribution in [2.45, 2.75) is 6.18 Å². The normalized spacial score (nSPS) is 11.0. The lowest BCUT2D eigenvalue weighted by Crippen LogP contribution is -2.16. The summed E-state index contributed by atoms with van der Waals surface area (Å²) < 4.78 is 42.8. The first-order valence-electron chi connectivity index (χ1n) is 4.95. The summed E-state index contributed by atoms with van der Waals surface area (Å²) in [5.41, 5.74) is -1.67. The van der Waals surface area contributed by atoms with Crippen LogP contribution in [0.3, 0.4) is 0 Å². The highest BCUT2D eigenvalue weighted by molar-refractivity contribution is 9.09. The molecular formula is C11H9BrF3NO3. The summed E-state index contributed by atoms with van der Waals surface area (Å²) in [4.78, 5) is 22.3. The second-order valence-electron chi connectivity index (χ2n) is 3.43. The van der Waals surface area contributed by atoms with Crippen LogP contribution in [0.15, 0.2) is 18.2 Å². The molecular weight excluding hydrogens is 331 g/mol. The van der Waals surface area contributed by atoms with Gasteiger partial charge in [-0.05, 0) is 18.2 Å². The van der Waals surface area contributed by atoms with Gasteiger partial charge >= 0.3 is 12.3 Å². The van der Waals surface area contributed by atoms with E-state index in [1.807, 2.05) is 0 Å². The molecule has 1 N–H and O–H groups in total. The molecule has 0 aromatic heterocycles. The van der Waals surface area contributed by atoms with Crippen LogP contribution in [0.2, 0.25) is 0 Å². The molecule has 0 saturated carbocycles. The number of ether oxygens (including phenoxy) is 1. The van der Waals surface area contributed by atoms with E-state index < -0.39 is 29.2 Å². The minimum absolute atomic E-state index is 0.106. The number of halogens is 4. The van der Waals surface area contributed by atoms with Gasteiger partial charge in [-0.3, -0.25) is 10.1 Å². The monoisotopic (exact) mass is 339 g/mol. The van der Waals surface area contributed by atoms with Crippen LogP contribution in [-0.2, 0) is 10.9 Å². The van der Waals surface area contributed by atoms with Gasteiger partial charge in [-0.25, -0.2) is 4.79 Å². The fourth-order valence-corrected chi connectivity index (χ4v) is 1.64. The fraction of sp³-hybridized carbons (Fsp3) is 0.273. The molecule has 0 atom stereocenters. The topological polar surface area (TPSA) is 55.4 Å². The van der Waals surface area contributed by atoms with Crippen molar-refractivity contribution in [2.24, 2.45) is 0 Å². The van der Waals surface area contributed by atoms with Crippen LogP contribution >= 0.6 is 15.9 Å². The van der Waals surface area contributed by atoms with Gasteiger partial charge in [-0.2, -0.15) is 13.2 Å². The minimum atomic E-state index is -4.69. The van der Waals surface area contributed by atoms with Gasteiger partial charge in [-0.1, -0.05) is 15.9 Å². The maximum absolute atomic E-state index is 12.8. The maximum Gasteiger partial charge on any atom is 0.417 e. The molecule has 1 aromatic rings. The number of anilines is 1. The van der Waals surface area contributed by atoms with Gasteiger partial charge in [0.15, 0.2) is 5.78 Å². The lowest BCUT2D eigenvalue weighted by atomic mass is 10.0. The van der Waals surface area contributed by atoms with Gasteiger partial charge in [0.1, 0.15) is 0 Å². The highest BCUT2D eigenvalue weighted by Crippen LogP contribution is 2.34. The first kappa shape index (κ1) is 15.5. The molecule has 0 unspecified atom stereocenters. The number of hydrogen-bond donors (Lipinski definition) is 1. The summed E-state index contributed by atoms with van der Waals surface area (Å²) >= 11 is 2.82. The summed E-state index contributed by atoms with van der Waals surface area (Å²) in [5.74, 6) is -0.697. The Morgan fingerprint density at radius 1 is 1.37 bits per heavy atom. The molecule has 4 nitrogen and oxygen atoms in total. The van der Waals surface area contributed by atoms with E-state index in [1.165, 1.54) is 6.07 Å². The van der Waals surface area contributed by atoms with Crippen molar-refractivity contribution in [1.29, 1.82) is 0 Å². The number of alkyl halides is 4. The Hall–Kier alpha value is -1.57. The average Bonchev–Trinajstić information content (AvgIpc) is 2.36. The van der Waals surface area contributed by atoms with Crippen molar-refractivity contribution in [3.8, 4) is 0 Å². The number of nitrogens with one attached hydrogen (secondary N) is 1. The number of ketones is 1. The summed E-state index contributed by atoms with van der Waals surface area (Å²) in [5, 5.41) is 1.88. The first-order chi connectivity index (χ1) is 8.79. The molecule has 1 aromatic carbocycles. The van der Waals surface area contributed by atoms with Crippen LogP contribution in [0.1, 0.15) is 15.9 Å². The SMILES string of the molecule is COC(=O)Nc1ccc(C(=O)CBr)c(C(F)(F)F)c1. The molecule has 0 radical (unpaired) electrons. The van der Waals surface area contributed by atoms with Gasteiger partial charge in [-0.15, -0.1) is 0 Å². The standard InChI is InChI=1S/C11H9BrF3NO3/c1-19-10(18)16-6-2-3-7(9(17)5-12)8(4-6)11(13,14)15/h2-4H,5H2,1H3,(H,16,18). The van der Waals surface area contributed by atoms with Crippen LogP contribution in [0.25, 0.3) is 0 Å². The fourth-order valence-electron chi connectivity index (χ4n) is 1.34. The Labute approximate surface area is 115 Å². The van der Waals surface area contributed by atoms with Crippen molar-refractivity contribution in [2.75, 3.05) is 17.8 Å². The molecule has 0 saturated heterocycles. The highest BCUT2D eigenvalue weighted by atomic mass is 79.9. The number of amides is 1. The van der Waals surface area contributed by atoms with Gasteiger partial charge in [0.05, 0.1) is 18.0 Å². The van der Waals surface area contributed by atoms with Crippen molar-refractivity contribution < 1.29 is 27.5 Å². The van der Waals surface area contributed by atoms with Gasteiger partial charge < -0.3 is 4.74 Å². The Bertz CT molecular complexity index is 502. The van der Waals surface area contributed by atoms with E-state index in [2.05, 4.69) is 26.0 Å². The van der Waals surface area contributed by atoms with E-state index >= 15 is 0 Å². The van der Waals surface area contributed by atoms with E-state index in [0.29, 0.717) is 6.07 Å². The Kier molecular flexibility index (Phi) is 4.93. The second-order valence-corrected chi connectivity index (χ2v) is 3.99. The van der Waals surface area contributed by atoms with Crippen LogP contribution in [0.4, 0.5) is 23.7 Å². The zero-order valence-corrected chi connectivity index (χ0v) is 11.3. The number of rotatable bonds is 3. The average molecular weight is 340 g/mol. The van der Waals surface area contributed by atoms with Crippen molar-refractivity contribution in [1.82, 2.24) is 0 Å². The molecule has 0 bridgehead atoms. The zero-order valence-electron chi connectivity index (χ0n) is 9.68. The summed E-state index contributed by atoms with van der Waals surface area (Å²) in [7, 11) is 1.09. The van der Waals surface area contributed by atoms with E-state index in [0.717, 1.165) is 13.2 Å². The highest BCUT2D eigenvalue weighted by Gasteiger charge is 2.35. The van der Waals surface area contributed by atoms with Crippen molar-refractivity contribution in [3.63, 3.8) is 0 Å². The minimum Gasteiger partial charge on any atom is -0.453 e. The summed E-state index contributed by atoms with van der Waals surface area (Å²) in [6.07, 6.45) is -5.59. The largest absolute Gasteiger partial charge is 0.453 e. The lowest BCUT2D eigenvalue weighted by Gasteiger charge is -2.13. The first-order valence-corrected chi connectivity index (χ1v) is 6.07. The van der Waals surface area contributed by atoms with Crippen LogP contribution in [-0.4, -0.2) is 24.3 Å². The number of carbonyl (C=O) groups excluding carboxylic acids is 2. The van der Waals surface area contributed by atoms with Gasteiger partial charge in [0.2, 0.25) is 0 Å². The Balaban J connectivity index is 3.23. The van der Waals surface area contributed by atoms with E-state index in [-0.39, 0.29) is 11.0 Å².